The summed E-state index contributed by atoms with van der Waals surface area (Å²) in [5.41, 5.74) is 0.553. The van der Waals surface area contributed by atoms with E-state index < -0.39 is 0 Å². The molecule has 0 aliphatic rings. The van der Waals surface area contributed by atoms with E-state index in [0.29, 0.717) is 21.6 Å². The number of benzene rings is 1. The van der Waals surface area contributed by atoms with Crippen molar-refractivity contribution < 1.29 is 9.59 Å². The van der Waals surface area contributed by atoms with Gasteiger partial charge in [0.15, 0.2) is 5.78 Å². The number of ketones is 1. The fourth-order valence-corrected chi connectivity index (χ4v) is 3.02. The molecule has 0 radical (unpaired) electrons. The van der Waals surface area contributed by atoms with Crippen LogP contribution in [0.2, 0.25) is 5.02 Å². The van der Waals surface area contributed by atoms with Crippen LogP contribution in [0.15, 0.2) is 24.3 Å². The molecule has 1 aromatic heterocycles. The first-order chi connectivity index (χ1) is 10.9. The minimum absolute atomic E-state index is 0.0884. The summed E-state index contributed by atoms with van der Waals surface area (Å²) in [4.78, 5) is 23.9. The van der Waals surface area contributed by atoms with Gasteiger partial charge >= 0.3 is 0 Å². The van der Waals surface area contributed by atoms with Crippen LogP contribution in [0.5, 0.6) is 0 Å². The standard InChI is InChI=1S/C16H18ClN3O2S/c1-10(2)9-15-19-20-16(23-15)18-14(22)8-7-13(21)11-3-5-12(17)6-4-11/h3-6,10H,7-9H2,1-2H3,(H,18,20,22). The minimum Gasteiger partial charge on any atom is -0.301 e. The van der Waals surface area contributed by atoms with Crippen LogP contribution in [0.1, 0.15) is 42.1 Å². The largest absolute Gasteiger partial charge is 0.301 e. The third-order valence-electron chi connectivity index (χ3n) is 3.04. The van der Waals surface area contributed by atoms with E-state index in [9.17, 15) is 9.59 Å². The number of hydrogen-bond acceptors (Lipinski definition) is 5. The van der Waals surface area contributed by atoms with Crippen molar-refractivity contribution in [2.45, 2.75) is 33.1 Å². The summed E-state index contributed by atoms with van der Waals surface area (Å²) in [5, 5.41) is 12.6. The Kier molecular flexibility index (Phi) is 6.24. The molecule has 0 fully saturated rings. The number of hydrogen-bond donors (Lipinski definition) is 1. The quantitative estimate of drug-likeness (QED) is 0.765. The minimum atomic E-state index is -0.237. The van der Waals surface area contributed by atoms with E-state index in [1.54, 1.807) is 24.3 Å². The Labute approximate surface area is 144 Å². The van der Waals surface area contributed by atoms with E-state index in [1.807, 2.05) is 0 Å². The highest BCUT2D eigenvalue weighted by Gasteiger charge is 2.12. The summed E-state index contributed by atoms with van der Waals surface area (Å²) in [6.07, 6.45) is 1.09. The molecule has 2 aromatic rings. The molecule has 0 aliphatic carbocycles. The lowest BCUT2D eigenvalue weighted by Crippen LogP contribution is -2.13. The van der Waals surface area contributed by atoms with Crippen LogP contribution in [-0.2, 0) is 11.2 Å². The highest BCUT2D eigenvalue weighted by Crippen LogP contribution is 2.18. The second kappa shape index (κ2) is 8.17. The Morgan fingerprint density at radius 2 is 1.87 bits per heavy atom. The zero-order valence-electron chi connectivity index (χ0n) is 13.0. The number of aromatic nitrogens is 2. The summed E-state index contributed by atoms with van der Waals surface area (Å²) < 4.78 is 0. The SMILES string of the molecule is CC(C)Cc1nnc(NC(=O)CCC(=O)c2ccc(Cl)cc2)s1. The number of nitrogens with one attached hydrogen (secondary N) is 1. The van der Waals surface area contributed by atoms with Crippen molar-refractivity contribution in [1.82, 2.24) is 10.2 Å². The fourth-order valence-electron chi connectivity index (χ4n) is 1.92. The highest BCUT2D eigenvalue weighted by molar-refractivity contribution is 7.15. The summed E-state index contributed by atoms with van der Waals surface area (Å²) in [5.74, 6) is 0.164. The second-order valence-electron chi connectivity index (χ2n) is 5.58. The van der Waals surface area contributed by atoms with Gasteiger partial charge in [-0.25, -0.2) is 0 Å². The molecule has 23 heavy (non-hydrogen) atoms. The summed E-state index contributed by atoms with van der Waals surface area (Å²) in [6, 6.07) is 6.63. The van der Waals surface area contributed by atoms with E-state index in [-0.39, 0.29) is 24.5 Å². The molecule has 0 unspecified atom stereocenters. The maximum Gasteiger partial charge on any atom is 0.226 e. The lowest BCUT2D eigenvalue weighted by atomic mass is 10.1. The van der Waals surface area contributed by atoms with E-state index in [2.05, 4.69) is 29.4 Å². The van der Waals surface area contributed by atoms with Gasteiger partial charge in [0.1, 0.15) is 5.01 Å². The molecule has 1 amide bonds. The molecular formula is C16H18ClN3O2S. The molecule has 122 valence electrons. The molecule has 2 rings (SSSR count). The van der Waals surface area contributed by atoms with Gasteiger partial charge in [0, 0.05) is 29.8 Å². The molecule has 1 heterocycles. The molecule has 0 bridgehead atoms. The predicted molar refractivity (Wildman–Crippen MR) is 92.1 cm³/mol. The molecule has 0 atom stereocenters. The monoisotopic (exact) mass is 351 g/mol. The maximum atomic E-state index is 12.0. The summed E-state index contributed by atoms with van der Waals surface area (Å²) in [7, 11) is 0. The van der Waals surface area contributed by atoms with Crippen molar-refractivity contribution >= 4 is 39.8 Å². The Balaban J connectivity index is 1.81. The van der Waals surface area contributed by atoms with Gasteiger partial charge in [-0.15, -0.1) is 10.2 Å². The molecule has 5 nitrogen and oxygen atoms in total. The van der Waals surface area contributed by atoms with Gasteiger partial charge in [-0.1, -0.05) is 36.8 Å². The molecule has 0 saturated heterocycles. The molecular weight excluding hydrogens is 334 g/mol. The van der Waals surface area contributed by atoms with Crippen molar-refractivity contribution in [3.8, 4) is 0 Å². The van der Waals surface area contributed by atoms with Crippen LogP contribution in [0.25, 0.3) is 0 Å². The van der Waals surface area contributed by atoms with Gasteiger partial charge in [-0.05, 0) is 30.2 Å². The van der Waals surface area contributed by atoms with Crippen LogP contribution in [0.3, 0.4) is 0 Å². The number of amides is 1. The lowest BCUT2D eigenvalue weighted by molar-refractivity contribution is -0.116. The van der Waals surface area contributed by atoms with Gasteiger partial charge in [0.2, 0.25) is 11.0 Å². The van der Waals surface area contributed by atoms with E-state index in [1.165, 1.54) is 11.3 Å². The topological polar surface area (TPSA) is 72.0 Å². The number of carbonyl (C=O) groups is 2. The summed E-state index contributed by atoms with van der Waals surface area (Å²) in [6.45, 7) is 4.20. The predicted octanol–water partition coefficient (Wildman–Crippen LogP) is 3.99. The van der Waals surface area contributed by atoms with Crippen molar-refractivity contribution in [2.24, 2.45) is 5.92 Å². The van der Waals surface area contributed by atoms with E-state index in [4.69, 9.17) is 11.6 Å². The maximum absolute atomic E-state index is 12.0. The number of carbonyl (C=O) groups excluding carboxylic acids is 2. The van der Waals surface area contributed by atoms with Gasteiger partial charge < -0.3 is 5.32 Å². The van der Waals surface area contributed by atoms with Crippen LogP contribution in [0.4, 0.5) is 5.13 Å². The summed E-state index contributed by atoms with van der Waals surface area (Å²) >= 11 is 7.15. The first kappa shape index (κ1) is 17.6. The first-order valence-electron chi connectivity index (χ1n) is 7.35. The smallest absolute Gasteiger partial charge is 0.226 e. The number of anilines is 1. The van der Waals surface area contributed by atoms with Gasteiger partial charge in [0.05, 0.1) is 0 Å². The van der Waals surface area contributed by atoms with E-state index in [0.717, 1.165) is 11.4 Å². The van der Waals surface area contributed by atoms with Gasteiger partial charge in [-0.3, -0.25) is 9.59 Å². The van der Waals surface area contributed by atoms with Crippen LogP contribution >= 0.6 is 22.9 Å². The molecule has 1 aromatic carbocycles. The average molecular weight is 352 g/mol. The molecule has 0 spiro atoms. The van der Waals surface area contributed by atoms with Crippen LogP contribution in [0, 0.1) is 5.92 Å². The number of rotatable bonds is 7. The fraction of sp³-hybridized carbons (Fsp3) is 0.375. The molecule has 0 saturated carbocycles. The number of nitrogens with zero attached hydrogens (tertiary/aromatic N) is 2. The van der Waals surface area contributed by atoms with Gasteiger partial charge in [-0.2, -0.15) is 0 Å². The van der Waals surface area contributed by atoms with Crippen molar-refractivity contribution in [1.29, 1.82) is 0 Å². The van der Waals surface area contributed by atoms with E-state index >= 15 is 0 Å². The Morgan fingerprint density at radius 1 is 1.17 bits per heavy atom. The average Bonchev–Trinajstić information content (AvgIpc) is 2.91. The van der Waals surface area contributed by atoms with Crippen LogP contribution in [-0.4, -0.2) is 21.9 Å². The normalized spacial score (nSPS) is 10.8. The van der Waals surface area contributed by atoms with Crippen molar-refractivity contribution in [3.63, 3.8) is 0 Å². The van der Waals surface area contributed by atoms with Crippen molar-refractivity contribution in [3.05, 3.63) is 39.9 Å². The number of Topliss-reactive ketones (excluding diaryl/α,β-unsaturated/α-hetero) is 1. The first-order valence-corrected chi connectivity index (χ1v) is 8.54. The third kappa shape index (κ3) is 5.73. The zero-order chi connectivity index (χ0) is 16.8. The molecule has 0 aliphatic heterocycles. The second-order valence-corrected chi connectivity index (χ2v) is 7.08. The Morgan fingerprint density at radius 3 is 2.52 bits per heavy atom. The lowest BCUT2D eigenvalue weighted by Gasteiger charge is -2.02. The van der Waals surface area contributed by atoms with Gasteiger partial charge in [0.25, 0.3) is 0 Å². The Hall–Kier alpha value is -1.79. The van der Waals surface area contributed by atoms with Crippen LogP contribution < -0.4 is 5.32 Å². The third-order valence-corrected chi connectivity index (χ3v) is 4.15. The molecule has 7 heteroatoms. The zero-order valence-corrected chi connectivity index (χ0v) is 14.6. The van der Waals surface area contributed by atoms with Crippen molar-refractivity contribution in [2.75, 3.05) is 5.32 Å². The number of halogens is 1. The highest BCUT2D eigenvalue weighted by atomic mass is 35.5. The molecule has 1 N–H and O–H groups in total. The Bertz CT molecular complexity index is 683.